The summed E-state index contributed by atoms with van der Waals surface area (Å²) in [5.41, 5.74) is 1.90. The van der Waals surface area contributed by atoms with Crippen molar-refractivity contribution in [2.45, 2.75) is 6.54 Å². The molecule has 1 aliphatic heterocycles. The second kappa shape index (κ2) is 8.86. The lowest BCUT2D eigenvalue weighted by Crippen LogP contribution is -2.36. The third-order valence-corrected chi connectivity index (χ3v) is 4.73. The predicted molar refractivity (Wildman–Crippen MR) is 114 cm³/mol. The van der Waals surface area contributed by atoms with E-state index < -0.39 is 0 Å². The van der Waals surface area contributed by atoms with E-state index in [0.717, 1.165) is 54.9 Å². The van der Waals surface area contributed by atoms with Gasteiger partial charge in [-0.25, -0.2) is 4.98 Å². The van der Waals surface area contributed by atoms with Crippen molar-refractivity contribution in [3.8, 4) is 11.3 Å². The normalized spacial score (nSPS) is 13.9. The van der Waals surface area contributed by atoms with E-state index in [4.69, 9.17) is 21.4 Å². The van der Waals surface area contributed by atoms with Crippen molar-refractivity contribution in [2.75, 3.05) is 36.5 Å². The molecule has 4 rings (SSSR count). The van der Waals surface area contributed by atoms with Crippen molar-refractivity contribution in [3.63, 3.8) is 0 Å². The Kier molecular flexibility index (Phi) is 5.84. The molecule has 1 aromatic carbocycles. The molecule has 2 N–H and O–H groups in total. The maximum Gasteiger partial charge on any atom is 0.171 e. The van der Waals surface area contributed by atoms with E-state index in [1.807, 2.05) is 54.6 Å². The summed E-state index contributed by atoms with van der Waals surface area (Å²) in [6.45, 7) is 3.74. The van der Waals surface area contributed by atoms with Crippen LogP contribution in [0.2, 0.25) is 0 Å². The highest BCUT2D eigenvalue weighted by molar-refractivity contribution is 7.80. The molecule has 0 atom stereocenters. The molecule has 0 saturated carbocycles. The standard InChI is InChI=1S/C21H22N4O2S/c28-21(23-15-18-7-8-19(27-18)16-4-2-1-3-5-16)24-17-6-9-20(22-14-17)25-10-12-26-13-11-25/h1-9,14H,10-13,15H2,(H2,23,24,28). The van der Waals surface area contributed by atoms with E-state index in [1.165, 1.54) is 0 Å². The molecule has 0 unspecified atom stereocenters. The summed E-state index contributed by atoms with van der Waals surface area (Å²) in [5.74, 6) is 2.62. The molecule has 1 saturated heterocycles. The molecule has 1 fully saturated rings. The zero-order chi connectivity index (χ0) is 19.2. The van der Waals surface area contributed by atoms with Gasteiger partial charge in [0.1, 0.15) is 17.3 Å². The van der Waals surface area contributed by atoms with Gasteiger partial charge in [-0.15, -0.1) is 0 Å². The number of hydrogen-bond acceptors (Lipinski definition) is 5. The molecular weight excluding hydrogens is 372 g/mol. The Balaban J connectivity index is 1.28. The summed E-state index contributed by atoms with van der Waals surface area (Å²) in [7, 11) is 0. The average molecular weight is 395 g/mol. The Morgan fingerprint density at radius 2 is 1.86 bits per heavy atom. The van der Waals surface area contributed by atoms with E-state index in [9.17, 15) is 0 Å². The van der Waals surface area contributed by atoms with E-state index in [2.05, 4.69) is 20.5 Å². The Bertz CT molecular complexity index is 906. The number of nitrogens with one attached hydrogen (secondary N) is 2. The predicted octanol–water partition coefficient (Wildman–Crippen LogP) is 3.66. The quantitative estimate of drug-likeness (QED) is 0.640. The molecule has 144 valence electrons. The molecule has 1 aliphatic rings. The lowest BCUT2D eigenvalue weighted by molar-refractivity contribution is 0.122. The van der Waals surface area contributed by atoms with Crippen molar-refractivity contribution >= 4 is 28.8 Å². The molecular formula is C21H22N4O2S. The number of hydrogen-bond donors (Lipinski definition) is 2. The average Bonchev–Trinajstić information content (AvgIpc) is 3.23. The molecule has 3 heterocycles. The minimum atomic E-state index is 0.512. The first-order chi connectivity index (χ1) is 13.8. The number of ether oxygens (including phenoxy) is 1. The zero-order valence-corrected chi connectivity index (χ0v) is 16.2. The highest BCUT2D eigenvalue weighted by atomic mass is 32.1. The van der Waals surface area contributed by atoms with Crippen LogP contribution in [0.25, 0.3) is 11.3 Å². The van der Waals surface area contributed by atoms with Crippen LogP contribution >= 0.6 is 12.2 Å². The third kappa shape index (κ3) is 4.68. The van der Waals surface area contributed by atoms with Gasteiger partial charge >= 0.3 is 0 Å². The molecule has 6 nitrogen and oxygen atoms in total. The Hall–Kier alpha value is -2.90. The number of aromatic nitrogens is 1. The second-order valence-corrected chi connectivity index (χ2v) is 6.85. The van der Waals surface area contributed by atoms with Crippen molar-refractivity contribution in [1.29, 1.82) is 0 Å². The molecule has 3 aromatic rings. The monoisotopic (exact) mass is 394 g/mol. The minimum Gasteiger partial charge on any atom is -0.459 e. The van der Waals surface area contributed by atoms with Gasteiger partial charge in [0.25, 0.3) is 0 Å². The van der Waals surface area contributed by atoms with Crippen LogP contribution in [0, 0.1) is 0 Å². The topological polar surface area (TPSA) is 62.6 Å². The van der Waals surface area contributed by atoms with Gasteiger partial charge in [-0.05, 0) is 36.5 Å². The summed E-state index contributed by atoms with van der Waals surface area (Å²) in [6, 6.07) is 17.9. The van der Waals surface area contributed by atoms with Gasteiger partial charge in [-0.2, -0.15) is 0 Å². The smallest absolute Gasteiger partial charge is 0.171 e. The fourth-order valence-electron chi connectivity index (χ4n) is 3.01. The van der Waals surface area contributed by atoms with Crippen LogP contribution < -0.4 is 15.5 Å². The summed E-state index contributed by atoms with van der Waals surface area (Å²) in [6.07, 6.45) is 1.79. The van der Waals surface area contributed by atoms with Gasteiger partial charge in [0.15, 0.2) is 5.11 Å². The minimum absolute atomic E-state index is 0.512. The first kappa shape index (κ1) is 18.5. The van der Waals surface area contributed by atoms with E-state index in [0.29, 0.717) is 11.7 Å². The lowest BCUT2D eigenvalue weighted by atomic mass is 10.2. The van der Waals surface area contributed by atoms with Crippen LogP contribution in [0.5, 0.6) is 0 Å². The maximum atomic E-state index is 5.88. The van der Waals surface area contributed by atoms with Gasteiger partial charge < -0.3 is 24.7 Å². The molecule has 2 aromatic heterocycles. The molecule has 0 spiro atoms. The number of rotatable bonds is 5. The zero-order valence-electron chi connectivity index (χ0n) is 15.4. The molecule has 7 heteroatoms. The largest absolute Gasteiger partial charge is 0.459 e. The fourth-order valence-corrected chi connectivity index (χ4v) is 3.20. The van der Waals surface area contributed by atoms with Crippen molar-refractivity contribution in [1.82, 2.24) is 10.3 Å². The second-order valence-electron chi connectivity index (χ2n) is 6.44. The summed E-state index contributed by atoms with van der Waals surface area (Å²) in [5, 5.41) is 6.84. The Morgan fingerprint density at radius 1 is 1.04 bits per heavy atom. The van der Waals surface area contributed by atoms with Crippen molar-refractivity contribution in [2.24, 2.45) is 0 Å². The number of furan rings is 1. The van der Waals surface area contributed by atoms with Gasteiger partial charge in [-0.1, -0.05) is 30.3 Å². The van der Waals surface area contributed by atoms with Crippen LogP contribution in [0.3, 0.4) is 0 Å². The molecule has 0 radical (unpaired) electrons. The fraction of sp³-hybridized carbons (Fsp3) is 0.238. The van der Waals surface area contributed by atoms with Crippen LogP contribution in [-0.2, 0) is 11.3 Å². The molecule has 0 aliphatic carbocycles. The van der Waals surface area contributed by atoms with Crippen molar-refractivity contribution in [3.05, 3.63) is 66.6 Å². The van der Waals surface area contributed by atoms with Crippen molar-refractivity contribution < 1.29 is 9.15 Å². The van der Waals surface area contributed by atoms with Crippen LogP contribution in [0.1, 0.15) is 5.76 Å². The van der Waals surface area contributed by atoms with Crippen LogP contribution in [0.4, 0.5) is 11.5 Å². The number of anilines is 2. The number of morpholine rings is 1. The van der Waals surface area contributed by atoms with Crippen LogP contribution in [0.15, 0.2) is 65.2 Å². The van der Waals surface area contributed by atoms with Gasteiger partial charge in [0.05, 0.1) is 31.6 Å². The highest BCUT2D eigenvalue weighted by Crippen LogP contribution is 2.21. The van der Waals surface area contributed by atoms with Gasteiger partial charge in [0, 0.05) is 18.7 Å². The third-order valence-electron chi connectivity index (χ3n) is 4.48. The summed E-state index contributed by atoms with van der Waals surface area (Å²) >= 11 is 5.37. The lowest BCUT2D eigenvalue weighted by Gasteiger charge is -2.27. The van der Waals surface area contributed by atoms with E-state index in [1.54, 1.807) is 6.20 Å². The summed E-state index contributed by atoms with van der Waals surface area (Å²) in [4.78, 5) is 6.73. The number of benzene rings is 1. The van der Waals surface area contributed by atoms with E-state index >= 15 is 0 Å². The summed E-state index contributed by atoms with van der Waals surface area (Å²) < 4.78 is 11.2. The Morgan fingerprint density at radius 3 is 2.61 bits per heavy atom. The maximum absolute atomic E-state index is 5.88. The first-order valence-corrected chi connectivity index (χ1v) is 9.66. The number of pyridine rings is 1. The molecule has 0 bridgehead atoms. The first-order valence-electron chi connectivity index (χ1n) is 9.26. The Labute approximate surface area is 169 Å². The number of nitrogens with zero attached hydrogens (tertiary/aromatic N) is 2. The number of thiocarbonyl (C=S) groups is 1. The molecule has 28 heavy (non-hydrogen) atoms. The van der Waals surface area contributed by atoms with Gasteiger partial charge in [-0.3, -0.25) is 0 Å². The van der Waals surface area contributed by atoms with Crippen LogP contribution in [-0.4, -0.2) is 36.4 Å². The highest BCUT2D eigenvalue weighted by Gasteiger charge is 2.12. The molecule has 0 amide bonds. The van der Waals surface area contributed by atoms with Gasteiger partial charge in [0.2, 0.25) is 0 Å². The van der Waals surface area contributed by atoms with E-state index in [-0.39, 0.29) is 0 Å². The SMILES string of the molecule is S=C(NCc1ccc(-c2ccccc2)o1)Nc1ccc(N2CCOCC2)nc1.